The first kappa shape index (κ1) is 15.9. The fraction of sp³-hybridized carbons (Fsp3) is 0.647. The maximum Gasteiger partial charge on any atom is 0.0579 e. The Hall–Kier alpha value is -1.18. The molecule has 1 aromatic carbocycles. The molecule has 19 heavy (non-hydrogen) atoms. The Labute approximate surface area is 118 Å². The van der Waals surface area contributed by atoms with Gasteiger partial charge >= 0.3 is 0 Å². The molecule has 108 valence electrons. The van der Waals surface area contributed by atoms with E-state index in [2.05, 4.69) is 37.4 Å². The third kappa shape index (κ3) is 6.51. The van der Waals surface area contributed by atoms with Crippen LogP contribution < -0.4 is 11.1 Å². The van der Waals surface area contributed by atoms with E-state index in [9.17, 15) is 0 Å². The van der Waals surface area contributed by atoms with E-state index < -0.39 is 0 Å². The van der Waals surface area contributed by atoms with E-state index in [-0.39, 0.29) is 0 Å². The van der Waals surface area contributed by atoms with Crippen LogP contribution in [0.3, 0.4) is 0 Å². The van der Waals surface area contributed by atoms with Crippen molar-refractivity contribution >= 4 is 11.4 Å². The third-order valence-corrected chi connectivity index (χ3v) is 3.67. The van der Waals surface area contributed by atoms with E-state index in [1.807, 2.05) is 0 Å². The molecule has 0 aliphatic heterocycles. The normalized spacial score (nSPS) is 10.6. The highest BCUT2D eigenvalue weighted by molar-refractivity contribution is 5.69. The molecule has 0 heterocycles. The highest BCUT2D eigenvalue weighted by Gasteiger charge is 1.99. The highest BCUT2D eigenvalue weighted by Crippen LogP contribution is 2.21. The zero-order chi connectivity index (χ0) is 13.9. The number of rotatable bonds is 10. The molecule has 0 saturated heterocycles. The number of benzene rings is 1. The molecule has 0 fully saturated rings. The van der Waals surface area contributed by atoms with E-state index in [0.717, 1.165) is 23.5 Å². The van der Waals surface area contributed by atoms with Gasteiger partial charge in [0.1, 0.15) is 0 Å². The number of unbranched alkanes of at least 4 members (excludes halogenated alkanes) is 7. The molecule has 2 heteroatoms. The highest BCUT2D eigenvalue weighted by atomic mass is 14.9. The maximum atomic E-state index is 6.03. The molecule has 0 atom stereocenters. The van der Waals surface area contributed by atoms with Gasteiger partial charge in [0.2, 0.25) is 0 Å². The molecule has 0 unspecified atom stereocenters. The molecule has 0 saturated carbocycles. The van der Waals surface area contributed by atoms with Gasteiger partial charge in [0.05, 0.1) is 11.4 Å². The molecular weight excluding hydrogens is 232 g/mol. The summed E-state index contributed by atoms with van der Waals surface area (Å²) in [5.41, 5.74) is 9.16. The Balaban J connectivity index is 2.03. The molecule has 0 spiro atoms. The van der Waals surface area contributed by atoms with E-state index in [4.69, 9.17) is 5.73 Å². The van der Waals surface area contributed by atoms with Crippen molar-refractivity contribution in [1.29, 1.82) is 0 Å². The lowest BCUT2D eigenvalue weighted by Crippen LogP contribution is -2.05. The summed E-state index contributed by atoms with van der Waals surface area (Å²) in [6.07, 6.45) is 10.9. The largest absolute Gasteiger partial charge is 0.397 e. The van der Waals surface area contributed by atoms with Gasteiger partial charge in [0.15, 0.2) is 0 Å². The minimum atomic E-state index is 0.891. The van der Waals surface area contributed by atoms with Crippen LogP contribution in [0.5, 0.6) is 0 Å². The third-order valence-electron chi connectivity index (χ3n) is 3.67. The Morgan fingerprint density at radius 2 is 1.58 bits per heavy atom. The topological polar surface area (TPSA) is 38.0 Å². The van der Waals surface area contributed by atoms with Crippen LogP contribution in [0.1, 0.15) is 63.9 Å². The van der Waals surface area contributed by atoms with Gasteiger partial charge in [-0.3, -0.25) is 0 Å². The summed E-state index contributed by atoms with van der Waals surface area (Å²) >= 11 is 0. The van der Waals surface area contributed by atoms with E-state index in [1.54, 1.807) is 0 Å². The summed E-state index contributed by atoms with van der Waals surface area (Å²) in [5.74, 6) is 0. The number of anilines is 2. The molecule has 0 radical (unpaired) electrons. The predicted molar refractivity (Wildman–Crippen MR) is 86.7 cm³/mol. The predicted octanol–water partition coefficient (Wildman–Crippen LogP) is 5.13. The lowest BCUT2D eigenvalue weighted by Gasteiger charge is -2.10. The van der Waals surface area contributed by atoms with Crippen molar-refractivity contribution in [1.82, 2.24) is 0 Å². The second kappa shape index (κ2) is 9.71. The molecule has 3 N–H and O–H groups in total. The average Bonchev–Trinajstić information content (AvgIpc) is 2.41. The van der Waals surface area contributed by atoms with Gasteiger partial charge in [0.25, 0.3) is 0 Å². The minimum absolute atomic E-state index is 0.891. The fourth-order valence-corrected chi connectivity index (χ4v) is 2.32. The van der Waals surface area contributed by atoms with Crippen LogP contribution in [0.25, 0.3) is 0 Å². The number of nitrogens with two attached hydrogens (primary N) is 1. The molecule has 2 nitrogen and oxygen atoms in total. The van der Waals surface area contributed by atoms with Crippen LogP contribution in [0.4, 0.5) is 11.4 Å². The molecule has 1 rings (SSSR count). The zero-order valence-electron chi connectivity index (χ0n) is 12.7. The fourth-order valence-electron chi connectivity index (χ4n) is 2.32. The second-order valence-electron chi connectivity index (χ2n) is 5.44. The van der Waals surface area contributed by atoms with Crippen LogP contribution in [-0.2, 0) is 0 Å². The molecule has 0 aromatic heterocycles. The van der Waals surface area contributed by atoms with Crippen molar-refractivity contribution in [2.75, 3.05) is 17.6 Å². The van der Waals surface area contributed by atoms with Crippen LogP contribution in [-0.4, -0.2) is 6.54 Å². The molecule has 1 aromatic rings. The summed E-state index contributed by atoms with van der Waals surface area (Å²) < 4.78 is 0. The van der Waals surface area contributed by atoms with Gasteiger partial charge in [-0.1, -0.05) is 64.0 Å². The van der Waals surface area contributed by atoms with Crippen molar-refractivity contribution in [3.05, 3.63) is 23.8 Å². The van der Waals surface area contributed by atoms with Crippen molar-refractivity contribution in [2.45, 2.75) is 65.2 Å². The van der Waals surface area contributed by atoms with E-state index in [0.29, 0.717) is 0 Å². The zero-order valence-corrected chi connectivity index (χ0v) is 12.7. The smallest absolute Gasteiger partial charge is 0.0579 e. The number of hydrogen-bond acceptors (Lipinski definition) is 2. The van der Waals surface area contributed by atoms with Gasteiger partial charge in [0, 0.05) is 6.54 Å². The molecule has 0 aliphatic carbocycles. The van der Waals surface area contributed by atoms with Crippen molar-refractivity contribution < 1.29 is 0 Å². The standard InChI is InChI=1S/C17H30N2/c1-3-4-5-6-7-8-9-10-14-19-16-13-11-12-15(2)17(16)18/h11-13,19H,3-10,14,18H2,1-2H3. The van der Waals surface area contributed by atoms with Crippen molar-refractivity contribution in [2.24, 2.45) is 0 Å². The lowest BCUT2D eigenvalue weighted by atomic mass is 10.1. The van der Waals surface area contributed by atoms with Crippen molar-refractivity contribution in [3.8, 4) is 0 Å². The van der Waals surface area contributed by atoms with Gasteiger partial charge < -0.3 is 11.1 Å². The molecule has 0 bridgehead atoms. The summed E-state index contributed by atoms with van der Waals surface area (Å²) in [6, 6.07) is 6.17. The van der Waals surface area contributed by atoms with Gasteiger partial charge in [-0.25, -0.2) is 0 Å². The maximum absolute atomic E-state index is 6.03. The van der Waals surface area contributed by atoms with Gasteiger partial charge in [-0.15, -0.1) is 0 Å². The summed E-state index contributed by atoms with van der Waals surface area (Å²) in [6.45, 7) is 5.35. The second-order valence-corrected chi connectivity index (χ2v) is 5.44. The molecule has 0 amide bonds. The van der Waals surface area contributed by atoms with Crippen LogP contribution >= 0.6 is 0 Å². The number of nitrogen functional groups attached to an aromatic ring is 1. The Morgan fingerprint density at radius 3 is 2.26 bits per heavy atom. The quantitative estimate of drug-likeness (QED) is 0.453. The number of para-hydroxylation sites is 1. The van der Waals surface area contributed by atoms with Crippen LogP contribution in [0.2, 0.25) is 0 Å². The van der Waals surface area contributed by atoms with Crippen LogP contribution in [0.15, 0.2) is 18.2 Å². The summed E-state index contributed by atoms with van der Waals surface area (Å²) in [4.78, 5) is 0. The molecular formula is C17H30N2. The first-order chi connectivity index (χ1) is 9.25. The molecule has 0 aliphatic rings. The van der Waals surface area contributed by atoms with Gasteiger partial charge in [-0.05, 0) is 25.0 Å². The average molecular weight is 262 g/mol. The number of aryl methyl sites for hydroxylation is 1. The first-order valence-electron chi connectivity index (χ1n) is 7.84. The Kier molecular flexibility index (Phi) is 8.11. The Bertz CT molecular complexity index is 347. The summed E-state index contributed by atoms with van der Waals surface area (Å²) in [7, 11) is 0. The van der Waals surface area contributed by atoms with Crippen LogP contribution in [0, 0.1) is 6.92 Å². The lowest BCUT2D eigenvalue weighted by molar-refractivity contribution is 0.581. The Morgan fingerprint density at radius 1 is 0.947 bits per heavy atom. The monoisotopic (exact) mass is 262 g/mol. The van der Waals surface area contributed by atoms with Crippen molar-refractivity contribution in [3.63, 3.8) is 0 Å². The first-order valence-corrected chi connectivity index (χ1v) is 7.84. The summed E-state index contributed by atoms with van der Waals surface area (Å²) in [5, 5.41) is 3.44. The van der Waals surface area contributed by atoms with E-state index >= 15 is 0 Å². The number of nitrogens with one attached hydrogen (secondary N) is 1. The van der Waals surface area contributed by atoms with E-state index in [1.165, 1.54) is 51.4 Å². The van der Waals surface area contributed by atoms with Gasteiger partial charge in [-0.2, -0.15) is 0 Å². The number of hydrogen-bond donors (Lipinski definition) is 2. The SMILES string of the molecule is CCCCCCCCCCNc1cccc(C)c1N. The minimum Gasteiger partial charge on any atom is -0.397 e.